The Hall–Kier alpha value is -2.22. The van der Waals surface area contributed by atoms with Crippen LogP contribution in [0.5, 0.6) is 11.5 Å². The predicted octanol–water partition coefficient (Wildman–Crippen LogP) is 6.16. The number of benzene rings is 3. The zero-order valence-corrected chi connectivity index (χ0v) is 14.5. The molecule has 2 heteroatoms. The summed E-state index contributed by atoms with van der Waals surface area (Å²) in [4.78, 5) is 0. The molecule has 24 heavy (non-hydrogen) atoms. The molecule has 0 spiro atoms. The summed E-state index contributed by atoms with van der Waals surface area (Å²) in [5.41, 5.74) is 1.23. The molecule has 126 valence electrons. The lowest BCUT2D eigenvalue weighted by Crippen LogP contribution is -2.03. The van der Waals surface area contributed by atoms with Gasteiger partial charge in [-0.2, -0.15) is 0 Å². The summed E-state index contributed by atoms with van der Waals surface area (Å²) in [5, 5.41) is 24.1. The normalized spacial score (nSPS) is 12.8. The second-order valence-electron chi connectivity index (χ2n) is 6.74. The van der Waals surface area contributed by atoms with Gasteiger partial charge in [-0.1, -0.05) is 75.9 Å². The van der Waals surface area contributed by atoms with Crippen LogP contribution in [0.3, 0.4) is 0 Å². The molecule has 2 nitrogen and oxygen atoms in total. The summed E-state index contributed by atoms with van der Waals surface area (Å²) in [6.45, 7) is 4.48. The average molecular weight is 322 g/mol. The zero-order chi connectivity index (χ0) is 17.1. The molecule has 0 saturated carbocycles. The maximum absolute atomic E-state index is 10.7. The van der Waals surface area contributed by atoms with E-state index in [-0.39, 0.29) is 11.5 Å². The summed E-state index contributed by atoms with van der Waals surface area (Å²) in [7, 11) is 0. The highest BCUT2D eigenvalue weighted by Crippen LogP contribution is 2.41. The van der Waals surface area contributed by atoms with Gasteiger partial charge in [0.05, 0.1) is 0 Å². The van der Waals surface area contributed by atoms with Crippen LogP contribution in [-0.4, -0.2) is 10.2 Å². The molecule has 0 aromatic heterocycles. The van der Waals surface area contributed by atoms with Gasteiger partial charge < -0.3 is 10.2 Å². The Balaban J connectivity index is 2.04. The van der Waals surface area contributed by atoms with Gasteiger partial charge in [-0.15, -0.1) is 0 Å². The summed E-state index contributed by atoms with van der Waals surface area (Å²) in [5.74, 6) is 1.20. The monoisotopic (exact) mass is 322 g/mol. The van der Waals surface area contributed by atoms with Crippen LogP contribution in [0.4, 0.5) is 0 Å². The molecule has 2 N–H and O–H groups in total. The van der Waals surface area contributed by atoms with Gasteiger partial charge in [0.2, 0.25) is 0 Å². The van der Waals surface area contributed by atoms with Crippen LogP contribution >= 0.6 is 0 Å². The van der Waals surface area contributed by atoms with Gasteiger partial charge in [0.15, 0.2) is 0 Å². The number of phenols is 2. The molecule has 0 heterocycles. The van der Waals surface area contributed by atoms with Gasteiger partial charge in [-0.25, -0.2) is 0 Å². The van der Waals surface area contributed by atoms with Gasteiger partial charge >= 0.3 is 0 Å². The molecule has 0 bridgehead atoms. The number of hydrogen-bond donors (Lipinski definition) is 2. The summed E-state index contributed by atoms with van der Waals surface area (Å²) >= 11 is 0. The Morgan fingerprint density at radius 2 is 1.46 bits per heavy atom. The Bertz CT molecular complexity index is 851. The first-order chi connectivity index (χ1) is 11.7. The van der Waals surface area contributed by atoms with E-state index in [0.29, 0.717) is 16.7 Å². The molecule has 3 rings (SSSR count). The molecule has 1 unspecified atom stereocenters. The first-order valence-electron chi connectivity index (χ1n) is 9.01. The Morgan fingerprint density at radius 1 is 0.833 bits per heavy atom. The lowest BCUT2D eigenvalue weighted by Gasteiger charge is -2.16. The van der Waals surface area contributed by atoms with Crippen molar-refractivity contribution in [1.29, 1.82) is 0 Å². The highest BCUT2D eigenvalue weighted by molar-refractivity contribution is 6.10. The van der Waals surface area contributed by atoms with Crippen LogP contribution in [0, 0.1) is 5.92 Å². The van der Waals surface area contributed by atoms with Gasteiger partial charge in [0.1, 0.15) is 11.5 Å². The standard InChI is InChI=1S/C22H26O2/c1-3-5-8-15(4-2)13-16-11-12-19-20(14-16)22(24)18-10-7-6-9-17(18)21(19)23/h6-7,9-12,14-15,23-24H,3-5,8,13H2,1-2H3. The van der Waals surface area contributed by atoms with Gasteiger partial charge in [0, 0.05) is 21.5 Å². The molecule has 0 aliphatic heterocycles. The molecule has 0 fully saturated rings. The Kier molecular flexibility index (Phi) is 4.94. The maximum atomic E-state index is 10.7. The van der Waals surface area contributed by atoms with Gasteiger partial charge in [-0.3, -0.25) is 0 Å². The summed E-state index contributed by atoms with van der Waals surface area (Å²) in [6, 6.07) is 13.5. The highest BCUT2D eigenvalue weighted by Gasteiger charge is 2.14. The largest absolute Gasteiger partial charge is 0.507 e. The fraction of sp³-hybridized carbons (Fsp3) is 0.364. The van der Waals surface area contributed by atoms with E-state index < -0.39 is 0 Å². The summed E-state index contributed by atoms with van der Waals surface area (Å²) < 4.78 is 0. The maximum Gasteiger partial charge on any atom is 0.131 e. The highest BCUT2D eigenvalue weighted by atomic mass is 16.3. The van der Waals surface area contributed by atoms with Crippen molar-refractivity contribution in [2.45, 2.75) is 46.0 Å². The molecule has 0 saturated heterocycles. The van der Waals surface area contributed by atoms with Crippen molar-refractivity contribution in [2.24, 2.45) is 5.92 Å². The van der Waals surface area contributed by atoms with E-state index in [4.69, 9.17) is 0 Å². The molecule has 0 amide bonds. The smallest absolute Gasteiger partial charge is 0.131 e. The molecule has 3 aromatic rings. The average Bonchev–Trinajstić information content (AvgIpc) is 2.63. The van der Waals surface area contributed by atoms with Crippen LogP contribution in [-0.2, 0) is 6.42 Å². The van der Waals surface area contributed by atoms with Crippen LogP contribution < -0.4 is 0 Å². The molecular weight excluding hydrogens is 296 g/mol. The molecule has 0 aliphatic carbocycles. The third-order valence-corrected chi connectivity index (χ3v) is 5.10. The minimum absolute atomic E-state index is 0.253. The topological polar surface area (TPSA) is 40.5 Å². The van der Waals surface area contributed by atoms with E-state index in [2.05, 4.69) is 19.9 Å². The van der Waals surface area contributed by atoms with E-state index in [0.717, 1.165) is 17.2 Å². The van der Waals surface area contributed by atoms with Crippen molar-refractivity contribution in [2.75, 3.05) is 0 Å². The van der Waals surface area contributed by atoms with Crippen molar-refractivity contribution >= 4 is 21.5 Å². The zero-order valence-electron chi connectivity index (χ0n) is 14.5. The first-order valence-corrected chi connectivity index (χ1v) is 9.01. The lowest BCUT2D eigenvalue weighted by molar-refractivity contribution is 0.449. The van der Waals surface area contributed by atoms with Crippen molar-refractivity contribution in [1.82, 2.24) is 0 Å². The van der Waals surface area contributed by atoms with Crippen LogP contribution in [0.25, 0.3) is 21.5 Å². The summed E-state index contributed by atoms with van der Waals surface area (Å²) in [6.07, 6.45) is 5.95. The van der Waals surface area contributed by atoms with E-state index in [1.54, 1.807) is 0 Å². The minimum atomic E-state index is 0.253. The third kappa shape index (κ3) is 3.06. The van der Waals surface area contributed by atoms with E-state index >= 15 is 0 Å². The number of fused-ring (bicyclic) bond motifs is 2. The Morgan fingerprint density at radius 3 is 2.08 bits per heavy atom. The van der Waals surface area contributed by atoms with E-state index in [1.807, 2.05) is 36.4 Å². The first kappa shape index (κ1) is 16.6. The minimum Gasteiger partial charge on any atom is -0.507 e. The molecule has 0 aliphatic rings. The molecular formula is C22H26O2. The molecule has 3 aromatic carbocycles. The second-order valence-corrected chi connectivity index (χ2v) is 6.74. The lowest BCUT2D eigenvalue weighted by atomic mass is 9.90. The second kappa shape index (κ2) is 7.12. The van der Waals surface area contributed by atoms with Crippen molar-refractivity contribution in [3.05, 3.63) is 48.0 Å². The number of rotatable bonds is 6. The third-order valence-electron chi connectivity index (χ3n) is 5.10. The quantitative estimate of drug-likeness (QED) is 0.421. The molecule has 1 atom stereocenters. The fourth-order valence-electron chi connectivity index (χ4n) is 3.58. The number of hydrogen-bond acceptors (Lipinski definition) is 2. The molecule has 0 radical (unpaired) electrons. The Labute approximate surface area is 143 Å². The number of phenolic OH excluding ortho intramolecular Hbond substituents is 2. The SMILES string of the molecule is CCCCC(CC)Cc1ccc2c(O)c3ccccc3c(O)c2c1. The van der Waals surface area contributed by atoms with Gasteiger partial charge in [-0.05, 0) is 24.0 Å². The van der Waals surface area contributed by atoms with Crippen LogP contribution in [0.2, 0.25) is 0 Å². The van der Waals surface area contributed by atoms with Crippen molar-refractivity contribution in [3.63, 3.8) is 0 Å². The number of aromatic hydroxyl groups is 2. The van der Waals surface area contributed by atoms with E-state index in [1.165, 1.54) is 31.2 Å². The number of unbranched alkanes of at least 4 members (excludes halogenated alkanes) is 1. The van der Waals surface area contributed by atoms with Crippen LogP contribution in [0.1, 0.15) is 45.1 Å². The van der Waals surface area contributed by atoms with Crippen molar-refractivity contribution in [3.8, 4) is 11.5 Å². The fourth-order valence-corrected chi connectivity index (χ4v) is 3.58. The predicted molar refractivity (Wildman–Crippen MR) is 102 cm³/mol. The van der Waals surface area contributed by atoms with Crippen molar-refractivity contribution < 1.29 is 10.2 Å². The van der Waals surface area contributed by atoms with Gasteiger partial charge in [0.25, 0.3) is 0 Å². The van der Waals surface area contributed by atoms with Crippen LogP contribution in [0.15, 0.2) is 42.5 Å². The van der Waals surface area contributed by atoms with E-state index in [9.17, 15) is 10.2 Å².